The van der Waals surface area contributed by atoms with Crippen LogP contribution >= 0.6 is 0 Å². The van der Waals surface area contributed by atoms with Crippen LogP contribution in [0.2, 0.25) is 0 Å². The van der Waals surface area contributed by atoms with Crippen LogP contribution < -0.4 is 5.32 Å². The van der Waals surface area contributed by atoms with Crippen molar-refractivity contribution in [1.82, 2.24) is 5.32 Å². The van der Waals surface area contributed by atoms with Crippen molar-refractivity contribution in [1.29, 1.82) is 0 Å². The molecule has 3 unspecified atom stereocenters. The van der Waals surface area contributed by atoms with Crippen LogP contribution in [0.1, 0.15) is 45.4 Å². The largest absolute Gasteiger partial charge is 0.383 e. The van der Waals surface area contributed by atoms with Crippen LogP contribution in [0.3, 0.4) is 0 Å². The normalized spacial score (nSPS) is 33.2. The second-order valence-corrected chi connectivity index (χ2v) is 6.41. The van der Waals surface area contributed by atoms with Gasteiger partial charge in [0.25, 0.3) is 0 Å². The van der Waals surface area contributed by atoms with Gasteiger partial charge in [-0.2, -0.15) is 0 Å². The molecular formula is C16H31NO2. The van der Waals surface area contributed by atoms with Crippen molar-refractivity contribution in [3.63, 3.8) is 0 Å². The Morgan fingerprint density at radius 2 is 2.16 bits per heavy atom. The summed E-state index contributed by atoms with van der Waals surface area (Å²) in [7, 11) is 1.77. The zero-order valence-electron chi connectivity index (χ0n) is 12.7. The van der Waals surface area contributed by atoms with Crippen molar-refractivity contribution in [3.05, 3.63) is 0 Å². The van der Waals surface area contributed by atoms with Gasteiger partial charge in [-0.15, -0.1) is 0 Å². The first kappa shape index (κ1) is 15.3. The quantitative estimate of drug-likeness (QED) is 0.619. The number of nitrogens with one attached hydrogen (secondary N) is 1. The molecule has 2 bridgehead atoms. The molecule has 0 amide bonds. The molecule has 2 saturated carbocycles. The zero-order chi connectivity index (χ0) is 13.6. The maximum atomic E-state index is 5.52. The van der Waals surface area contributed by atoms with Crippen LogP contribution in [0.4, 0.5) is 0 Å². The van der Waals surface area contributed by atoms with Gasteiger partial charge in [0.15, 0.2) is 0 Å². The van der Waals surface area contributed by atoms with E-state index in [0.717, 1.165) is 38.2 Å². The van der Waals surface area contributed by atoms with Gasteiger partial charge in [-0.3, -0.25) is 0 Å². The Bertz CT molecular complexity index is 245. The maximum Gasteiger partial charge on any atom is 0.0587 e. The second kappa shape index (κ2) is 7.61. The molecule has 2 aliphatic carbocycles. The molecule has 0 aromatic rings. The molecule has 3 atom stereocenters. The number of hydrogen-bond acceptors (Lipinski definition) is 3. The highest BCUT2D eigenvalue weighted by atomic mass is 16.5. The Balaban J connectivity index is 1.79. The van der Waals surface area contributed by atoms with Crippen LogP contribution in [0, 0.1) is 17.3 Å². The Hall–Kier alpha value is -0.120. The van der Waals surface area contributed by atoms with Gasteiger partial charge in [0.2, 0.25) is 0 Å². The fraction of sp³-hybridized carbons (Fsp3) is 1.00. The van der Waals surface area contributed by atoms with E-state index in [-0.39, 0.29) is 0 Å². The van der Waals surface area contributed by atoms with Gasteiger partial charge in [0.05, 0.1) is 6.61 Å². The topological polar surface area (TPSA) is 30.5 Å². The minimum Gasteiger partial charge on any atom is -0.383 e. The van der Waals surface area contributed by atoms with E-state index in [1.165, 1.54) is 45.1 Å². The smallest absolute Gasteiger partial charge is 0.0587 e. The third kappa shape index (κ3) is 3.93. The van der Waals surface area contributed by atoms with Crippen LogP contribution in [0.25, 0.3) is 0 Å². The van der Waals surface area contributed by atoms with Crippen LogP contribution in [-0.4, -0.2) is 40.0 Å². The van der Waals surface area contributed by atoms with E-state index in [2.05, 4.69) is 12.2 Å². The minimum absolute atomic E-state index is 0.563. The fourth-order valence-electron chi connectivity index (χ4n) is 4.35. The number of ether oxygens (including phenoxy) is 2. The third-order valence-electron chi connectivity index (χ3n) is 5.23. The first-order chi connectivity index (χ1) is 9.30. The number of methoxy groups -OCH3 is 1. The van der Waals surface area contributed by atoms with Gasteiger partial charge in [-0.25, -0.2) is 0 Å². The van der Waals surface area contributed by atoms with Gasteiger partial charge >= 0.3 is 0 Å². The lowest BCUT2D eigenvalue weighted by atomic mass is 9.70. The molecule has 3 heteroatoms. The Morgan fingerprint density at radius 1 is 1.26 bits per heavy atom. The molecular weight excluding hydrogens is 238 g/mol. The lowest BCUT2D eigenvalue weighted by molar-refractivity contribution is 0.0964. The van der Waals surface area contributed by atoms with E-state index in [1.54, 1.807) is 7.11 Å². The van der Waals surface area contributed by atoms with E-state index in [4.69, 9.17) is 9.47 Å². The molecule has 0 aliphatic heterocycles. The summed E-state index contributed by atoms with van der Waals surface area (Å²) < 4.78 is 10.7. The van der Waals surface area contributed by atoms with Crippen molar-refractivity contribution in [2.45, 2.75) is 45.4 Å². The molecule has 0 radical (unpaired) electrons. The highest BCUT2D eigenvalue weighted by Crippen LogP contribution is 2.57. The number of fused-ring (bicyclic) bond motifs is 2. The zero-order valence-corrected chi connectivity index (χ0v) is 12.7. The molecule has 0 aromatic heterocycles. The monoisotopic (exact) mass is 269 g/mol. The summed E-state index contributed by atoms with van der Waals surface area (Å²) in [5.41, 5.74) is 0.563. The highest BCUT2D eigenvalue weighted by Gasteiger charge is 2.49. The van der Waals surface area contributed by atoms with E-state index in [1.807, 2.05) is 0 Å². The Morgan fingerprint density at radius 3 is 2.79 bits per heavy atom. The van der Waals surface area contributed by atoms with Crippen LogP contribution in [-0.2, 0) is 9.47 Å². The fourth-order valence-corrected chi connectivity index (χ4v) is 4.35. The van der Waals surface area contributed by atoms with Gasteiger partial charge in [0.1, 0.15) is 0 Å². The molecule has 19 heavy (non-hydrogen) atoms. The van der Waals surface area contributed by atoms with E-state index in [0.29, 0.717) is 5.41 Å². The lowest BCUT2D eigenvalue weighted by Gasteiger charge is -2.38. The van der Waals surface area contributed by atoms with E-state index in [9.17, 15) is 0 Å². The summed E-state index contributed by atoms with van der Waals surface area (Å²) in [5, 5.41) is 3.63. The average molecular weight is 269 g/mol. The molecule has 2 aliphatic rings. The first-order valence-electron chi connectivity index (χ1n) is 8.08. The van der Waals surface area contributed by atoms with E-state index < -0.39 is 0 Å². The molecule has 2 fully saturated rings. The average Bonchev–Trinajstić information content (AvgIpc) is 3.01. The Labute approximate surface area is 118 Å². The van der Waals surface area contributed by atoms with Gasteiger partial charge < -0.3 is 14.8 Å². The van der Waals surface area contributed by atoms with Crippen molar-refractivity contribution in [2.75, 3.05) is 40.0 Å². The number of hydrogen-bond donors (Lipinski definition) is 1. The summed E-state index contributed by atoms with van der Waals surface area (Å²) in [6.45, 7) is 6.87. The van der Waals surface area contributed by atoms with E-state index >= 15 is 0 Å². The van der Waals surface area contributed by atoms with Crippen molar-refractivity contribution < 1.29 is 9.47 Å². The molecule has 0 spiro atoms. The molecule has 1 N–H and O–H groups in total. The van der Waals surface area contributed by atoms with Crippen molar-refractivity contribution in [3.8, 4) is 0 Å². The van der Waals surface area contributed by atoms with Gasteiger partial charge in [-0.1, -0.05) is 6.42 Å². The molecule has 3 nitrogen and oxygen atoms in total. The molecule has 0 aromatic carbocycles. The molecule has 2 rings (SSSR count). The number of rotatable bonds is 10. The molecule has 0 saturated heterocycles. The van der Waals surface area contributed by atoms with Crippen LogP contribution in [0.5, 0.6) is 0 Å². The summed E-state index contributed by atoms with van der Waals surface area (Å²) in [6, 6.07) is 0. The predicted octanol–water partition coefficient (Wildman–Crippen LogP) is 2.85. The van der Waals surface area contributed by atoms with Gasteiger partial charge in [0, 0.05) is 33.4 Å². The predicted molar refractivity (Wildman–Crippen MR) is 78.4 cm³/mol. The Kier molecular flexibility index (Phi) is 6.11. The maximum absolute atomic E-state index is 5.52. The van der Waals surface area contributed by atoms with Crippen molar-refractivity contribution >= 4 is 0 Å². The molecule has 0 heterocycles. The standard InChI is InChI=1S/C16H31NO2/c1-3-19-9-4-7-16(13-17-8-10-18-2)12-14-5-6-15(16)11-14/h14-15,17H,3-13H2,1-2H3. The minimum atomic E-state index is 0.563. The SMILES string of the molecule is CCOCCCC1(CNCCOC)CC2CCC1C2. The third-order valence-corrected chi connectivity index (χ3v) is 5.23. The van der Waals surface area contributed by atoms with Crippen molar-refractivity contribution in [2.24, 2.45) is 17.3 Å². The first-order valence-corrected chi connectivity index (χ1v) is 8.08. The summed E-state index contributed by atoms with van der Waals surface area (Å²) in [5.74, 6) is 1.98. The second-order valence-electron chi connectivity index (χ2n) is 6.41. The summed E-state index contributed by atoms with van der Waals surface area (Å²) in [6.07, 6.45) is 8.45. The summed E-state index contributed by atoms with van der Waals surface area (Å²) in [4.78, 5) is 0. The lowest BCUT2D eigenvalue weighted by Crippen LogP contribution is -2.40. The summed E-state index contributed by atoms with van der Waals surface area (Å²) >= 11 is 0. The molecule has 112 valence electrons. The highest BCUT2D eigenvalue weighted by molar-refractivity contribution is 5.01. The van der Waals surface area contributed by atoms with Gasteiger partial charge in [-0.05, 0) is 56.3 Å². The van der Waals surface area contributed by atoms with Crippen LogP contribution in [0.15, 0.2) is 0 Å².